The molecule has 1 aliphatic rings. The molecule has 1 fully saturated rings. The molecular formula is C12H23NO4. The lowest BCUT2D eigenvalue weighted by Gasteiger charge is -2.37. The molecule has 0 saturated heterocycles. The summed E-state index contributed by atoms with van der Waals surface area (Å²) in [6.07, 6.45) is 3.64. The lowest BCUT2D eigenvalue weighted by atomic mass is 9.69. The van der Waals surface area contributed by atoms with E-state index in [4.69, 9.17) is 19.9 Å². The molecule has 0 heterocycles. The molecule has 5 heteroatoms. The second kappa shape index (κ2) is 7.63. The number of esters is 1. The molecule has 1 rings (SSSR count). The molecule has 0 spiro atoms. The molecule has 0 amide bonds. The van der Waals surface area contributed by atoms with E-state index in [9.17, 15) is 4.79 Å². The van der Waals surface area contributed by atoms with Crippen molar-refractivity contribution in [1.82, 2.24) is 0 Å². The van der Waals surface area contributed by atoms with Gasteiger partial charge in [-0.3, -0.25) is 4.79 Å². The molecular weight excluding hydrogens is 222 g/mol. The fraction of sp³-hybridized carbons (Fsp3) is 0.917. The number of hydrogen-bond donors (Lipinski definition) is 1. The molecule has 0 radical (unpaired) electrons. The van der Waals surface area contributed by atoms with Gasteiger partial charge in [-0.15, -0.1) is 0 Å². The van der Waals surface area contributed by atoms with Crippen molar-refractivity contribution < 1.29 is 19.0 Å². The normalized spacial score (nSPS) is 17.5. The second-order valence-electron chi connectivity index (χ2n) is 4.43. The van der Waals surface area contributed by atoms with Crippen molar-refractivity contribution in [2.75, 3.05) is 40.1 Å². The van der Waals surface area contributed by atoms with Crippen LogP contribution in [0.2, 0.25) is 0 Å². The third-order valence-electron chi connectivity index (χ3n) is 3.23. The number of ether oxygens (including phenoxy) is 3. The molecule has 17 heavy (non-hydrogen) atoms. The molecule has 0 aromatic carbocycles. The minimum atomic E-state index is -0.393. The monoisotopic (exact) mass is 245 g/mol. The van der Waals surface area contributed by atoms with Gasteiger partial charge < -0.3 is 19.9 Å². The van der Waals surface area contributed by atoms with Crippen LogP contribution in [-0.2, 0) is 19.0 Å². The first-order valence-electron chi connectivity index (χ1n) is 6.19. The maximum Gasteiger partial charge on any atom is 0.313 e. The summed E-state index contributed by atoms with van der Waals surface area (Å²) in [5.41, 5.74) is 5.22. The van der Waals surface area contributed by atoms with Crippen molar-refractivity contribution in [1.29, 1.82) is 0 Å². The third kappa shape index (κ3) is 4.26. The van der Waals surface area contributed by atoms with E-state index >= 15 is 0 Å². The van der Waals surface area contributed by atoms with Gasteiger partial charge in [-0.1, -0.05) is 6.42 Å². The molecule has 1 saturated carbocycles. The molecule has 0 aromatic heterocycles. The minimum Gasteiger partial charge on any atom is -0.463 e. The number of rotatable bonds is 9. The van der Waals surface area contributed by atoms with Crippen molar-refractivity contribution in [3.8, 4) is 0 Å². The van der Waals surface area contributed by atoms with Gasteiger partial charge in [0.15, 0.2) is 0 Å². The van der Waals surface area contributed by atoms with Crippen LogP contribution >= 0.6 is 0 Å². The summed E-state index contributed by atoms with van der Waals surface area (Å²) in [5, 5.41) is 0. The molecule has 2 N–H and O–H groups in total. The van der Waals surface area contributed by atoms with E-state index in [2.05, 4.69) is 0 Å². The van der Waals surface area contributed by atoms with Gasteiger partial charge in [-0.25, -0.2) is 0 Å². The highest BCUT2D eigenvalue weighted by molar-refractivity contribution is 5.78. The summed E-state index contributed by atoms with van der Waals surface area (Å²) in [5.74, 6) is -0.160. The van der Waals surface area contributed by atoms with Crippen LogP contribution < -0.4 is 5.73 Å². The van der Waals surface area contributed by atoms with E-state index in [-0.39, 0.29) is 5.97 Å². The largest absolute Gasteiger partial charge is 0.463 e. The Kier molecular flexibility index (Phi) is 6.47. The van der Waals surface area contributed by atoms with Gasteiger partial charge in [-0.2, -0.15) is 0 Å². The fourth-order valence-corrected chi connectivity index (χ4v) is 1.85. The molecule has 0 aliphatic heterocycles. The Morgan fingerprint density at radius 3 is 2.53 bits per heavy atom. The Hall–Kier alpha value is -0.650. The van der Waals surface area contributed by atoms with Crippen molar-refractivity contribution in [3.63, 3.8) is 0 Å². The maximum absolute atomic E-state index is 11.7. The maximum atomic E-state index is 11.7. The van der Waals surface area contributed by atoms with Crippen LogP contribution in [0.3, 0.4) is 0 Å². The molecule has 0 unspecified atom stereocenters. The van der Waals surface area contributed by atoms with Crippen LogP contribution in [0.15, 0.2) is 0 Å². The summed E-state index contributed by atoms with van der Waals surface area (Å²) in [6.45, 7) is 2.47. The van der Waals surface area contributed by atoms with Crippen LogP contribution in [0.5, 0.6) is 0 Å². The number of hydrogen-bond acceptors (Lipinski definition) is 5. The Morgan fingerprint density at radius 1 is 1.24 bits per heavy atom. The van der Waals surface area contributed by atoms with E-state index in [1.807, 2.05) is 0 Å². The molecule has 100 valence electrons. The van der Waals surface area contributed by atoms with Gasteiger partial charge in [0, 0.05) is 26.9 Å². The lowest BCUT2D eigenvalue weighted by Crippen LogP contribution is -2.45. The summed E-state index contributed by atoms with van der Waals surface area (Å²) < 4.78 is 15.4. The van der Waals surface area contributed by atoms with E-state index in [1.54, 1.807) is 7.11 Å². The first kappa shape index (κ1) is 14.4. The smallest absolute Gasteiger partial charge is 0.313 e. The van der Waals surface area contributed by atoms with Crippen LogP contribution in [-0.4, -0.2) is 46.1 Å². The summed E-state index contributed by atoms with van der Waals surface area (Å²) >= 11 is 0. The zero-order chi connectivity index (χ0) is 12.6. The van der Waals surface area contributed by atoms with E-state index < -0.39 is 5.41 Å². The van der Waals surface area contributed by atoms with Gasteiger partial charge in [0.1, 0.15) is 6.61 Å². The third-order valence-corrected chi connectivity index (χ3v) is 3.23. The SMILES string of the molecule is COCCCOCCOC(=O)C1(CN)CCC1. The average molecular weight is 245 g/mol. The zero-order valence-corrected chi connectivity index (χ0v) is 10.6. The Labute approximate surface area is 103 Å². The van der Waals surface area contributed by atoms with Gasteiger partial charge >= 0.3 is 5.97 Å². The highest BCUT2D eigenvalue weighted by Crippen LogP contribution is 2.40. The highest BCUT2D eigenvalue weighted by atomic mass is 16.6. The molecule has 0 atom stereocenters. The van der Waals surface area contributed by atoms with Crippen LogP contribution in [0.25, 0.3) is 0 Å². The number of carbonyl (C=O) groups excluding carboxylic acids is 1. The predicted molar refractivity (Wildman–Crippen MR) is 63.6 cm³/mol. The highest BCUT2D eigenvalue weighted by Gasteiger charge is 2.44. The molecule has 5 nitrogen and oxygen atoms in total. The van der Waals surface area contributed by atoms with Crippen molar-refractivity contribution in [2.24, 2.45) is 11.1 Å². The van der Waals surface area contributed by atoms with Gasteiger partial charge in [-0.05, 0) is 19.3 Å². The number of nitrogens with two attached hydrogens (primary N) is 1. The van der Waals surface area contributed by atoms with Crippen molar-refractivity contribution in [3.05, 3.63) is 0 Å². The van der Waals surface area contributed by atoms with Crippen molar-refractivity contribution in [2.45, 2.75) is 25.7 Å². The Bertz CT molecular complexity index is 223. The van der Waals surface area contributed by atoms with Crippen molar-refractivity contribution >= 4 is 5.97 Å². The number of methoxy groups -OCH3 is 1. The first-order chi connectivity index (χ1) is 8.25. The lowest BCUT2D eigenvalue weighted by molar-refractivity contribution is -0.162. The molecule has 1 aliphatic carbocycles. The molecule has 0 bridgehead atoms. The van der Waals surface area contributed by atoms with Crippen LogP contribution in [0.4, 0.5) is 0 Å². The van der Waals surface area contributed by atoms with Gasteiger partial charge in [0.2, 0.25) is 0 Å². The van der Waals surface area contributed by atoms with E-state index in [0.717, 1.165) is 25.7 Å². The summed E-state index contributed by atoms with van der Waals surface area (Å²) in [6, 6.07) is 0. The first-order valence-corrected chi connectivity index (χ1v) is 6.19. The standard InChI is InChI=1S/C12H23NO4/c1-15-6-3-7-16-8-9-17-11(14)12(10-13)4-2-5-12/h2-10,13H2,1H3. The second-order valence-corrected chi connectivity index (χ2v) is 4.43. The van der Waals surface area contributed by atoms with Crippen LogP contribution in [0.1, 0.15) is 25.7 Å². The quantitative estimate of drug-likeness (QED) is 0.478. The van der Waals surface area contributed by atoms with Gasteiger partial charge in [0.25, 0.3) is 0 Å². The summed E-state index contributed by atoms with van der Waals surface area (Å²) in [4.78, 5) is 11.7. The van der Waals surface area contributed by atoms with Gasteiger partial charge in [0.05, 0.1) is 12.0 Å². The number of carbonyl (C=O) groups is 1. The fourth-order valence-electron chi connectivity index (χ4n) is 1.85. The Balaban J connectivity index is 2.00. The van der Waals surface area contributed by atoms with E-state index in [0.29, 0.717) is 33.0 Å². The minimum absolute atomic E-state index is 0.160. The zero-order valence-electron chi connectivity index (χ0n) is 10.6. The van der Waals surface area contributed by atoms with Crippen LogP contribution in [0, 0.1) is 5.41 Å². The Morgan fingerprint density at radius 2 is 2.00 bits per heavy atom. The molecule has 0 aromatic rings. The topological polar surface area (TPSA) is 70.8 Å². The van der Waals surface area contributed by atoms with E-state index in [1.165, 1.54) is 0 Å². The predicted octanol–water partition coefficient (Wildman–Crippen LogP) is 0.712. The summed E-state index contributed by atoms with van der Waals surface area (Å²) in [7, 11) is 1.66. The average Bonchev–Trinajstić information content (AvgIpc) is 2.27.